The van der Waals surface area contributed by atoms with Crippen LogP contribution in [0.15, 0.2) is 47.8 Å². The Hall–Kier alpha value is -3.27. The van der Waals surface area contributed by atoms with Gasteiger partial charge in [-0.2, -0.15) is 0 Å². The molecule has 3 aromatic rings. The van der Waals surface area contributed by atoms with E-state index in [0.29, 0.717) is 15.6 Å². The zero-order chi connectivity index (χ0) is 24.0. The van der Waals surface area contributed by atoms with Gasteiger partial charge in [-0.05, 0) is 29.6 Å². The summed E-state index contributed by atoms with van der Waals surface area (Å²) in [6.45, 7) is -0.603. The van der Waals surface area contributed by atoms with Gasteiger partial charge in [0, 0.05) is 17.2 Å². The Balaban J connectivity index is 1.78. The lowest BCUT2D eigenvalue weighted by molar-refractivity contribution is -0.119. The molecule has 0 saturated heterocycles. The minimum Gasteiger partial charge on any atom is -0.493 e. The van der Waals surface area contributed by atoms with E-state index in [1.165, 1.54) is 49.8 Å². The van der Waals surface area contributed by atoms with Gasteiger partial charge in [-0.15, -0.1) is 11.3 Å². The first-order valence-corrected chi connectivity index (χ1v) is 11.0. The molecule has 0 fully saturated rings. The third-order valence-corrected chi connectivity index (χ3v) is 5.71. The smallest absolute Gasteiger partial charge is 0.340 e. The van der Waals surface area contributed by atoms with E-state index in [4.69, 9.17) is 37.4 Å². The largest absolute Gasteiger partial charge is 0.493 e. The normalized spacial score (nSPS) is 10.3. The first-order valence-electron chi connectivity index (χ1n) is 9.35. The first-order chi connectivity index (χ1) is 15.8. The van der Waals surface area contributed by atoms with Crippen molar-refractivity contribution in [3.8, 4) is 11.5 Å². The summed E-state index contributed by atoms with van der Waals surface area (Å²) in [5.41, 5.74) is 0.390. The van der Waals surface area contributed by atoms with Gasteiger partial charge in [0.1, 0.15) is 0 Å². The van der Waals surface area contributed by atoms with Crippen LogP contribution < -0.4 is 20.1 Å². The molecule has 11 heteroatoms. The van der Waals surface area contributed by atoms with Crippen molar-refractivity contribution in [1.29, 1.82) is 0 Å². The van der Waals surface area contributed by atoms with Crippen LogP contribution in [-0.4, -0.2) is 38.6 Å². The number of carbonyl (C=O) groups excluding carboxylic acids is 3. The molecule has 172 valence electrons. The van der Waals surface area contributed by atoms with Crippen LogP contribution in [0.3, 0.4) is 0 Å². The zero-order valence-electron chi connectivity index (χ0n) is 17.4. The third-order valence-electron chi connectivity index (χ3n) is 4.27. The number of amides is 2. The molecule has 0 bridgehead atoms. The van der Waals surface area contributed by atoms with Gasteiger partial charge in [0.15, 0.2) is 18.1 Å². The fraction of sp³-hybridized carbons (Fsp3) is 0.136. The van der Waals surface area contributed by atoms with Gasteiger partial charge in [-0.25, -0.2) is 4.79 Å². The molecule has 0 atom stereocenters. The van der Waals surface area contributed by atoms with Gasteiger partial charge < -0.3 is 24.8 Å². The minimum absolute atomic E-state index is 0.0221. The van der Waals surface area contributed by atoms with Crippen molar-refractivity contribution in [2.45, 2.75) is 0 Å². The Morgan fingerprint density at radius 2 is 1.67 bits per heavy atom. The summed E-state index contributed by atoms with van der Waals surface area (Å²) in [5, 5.41) is 7.59. The van der Waals surface area contributed by atoms with E-state index in [1.807, 2.05) is 0 Å². The van der Waals surface area contributed by atoms with Crippen molar-refractivity contribution in [1.82, 2.24) is 0 Å². The summed E-state index contributed by atoms with van der Waals surface area (Å²) < 4.78 is 15.6. The first kappa shape index (κ1) is 24.4. The number of halogens is 2. The average molecular weight is 509 g/mol. The standard InChI is InChI=1S/C22H18Cl2N2O6S/c1-30-17-9-13(15(10-18(17)31-2)26-21(28)19-4-3-7-33-19)22(29)32-11-20(27)25-16-8-12(23)5-6-14(16)24/h3-10H,11H2,1-2H3,(H,25,27)(H,26,28). The van der Waals surface area contributed by atoms with Gasteiger partial charge >= 0.3 is 5.97 Å². The Bertz CT molecular complexity index is 1180. The van der Waals surface area contributed by atoms with E-state index < -0.39 is 24.4 Å². The van der Waals surface area contributed by atoms with Crippen molar-refractivity contribution in [2.24, 2.45) is 0 Å². The lowest BCUT2D eigenvalue weighted by Crippen LogP contribution is -2.22. The Morgan fingerprint density at radius 1 is 0.939 bits per heavy atom. The predicted molar refractivity (Wildman–Crippen MR) is 127 cm³/mol. The van der Waals surface area contributed by atoms with Crippen LogP contribution >= 0.6 is 34.5 Å². The van der Waals surface area contributed by atoms with Gasteiger partial charge in [-0.1, -0.05) is 29.3 Å². The number of nitrogens with one attached hydrogen (secondary N) is 2. The summed E-state index contributed by atoms with van der Waals surface area (Å²) in [4.78, 5) is 38.0. The van der Waals surface area contributed by atoms with Crippen LogP contribution in [-0.2, 0) is 9.53 Å². The highest BCUT2D eigenvalue weighted by Gasteiger charge is 2.21. The summed E-state index contributed by atoms with van der Waals surface area (Å²) in [7, 11) is 2.82. The number of carbonyl (C=O) groups is 3. The van der Waals surface area contributed by atoms with E-state index >= 15 is 0 Å². The quantitative estimate of drug-likeness (QED) is 0.409. The van der Waals surface area contributed by atoms with Crippen molar-refractivity contribution in [3.63, 3.8) is 0 Å². The molecular weight excluding hydrogens is 491 g/mol. The van der Waals surface area contributed by atoms with Crippen molar-refractivity contribution < 1.29 is 28.6 Å². The highest BCUT2D eigenvalue weighted by atomic mass is 35.5. The van der Waals surface area contributed by atoms with E-state index in [-0.39, 0.29) is 27.7 Å². The lowest BCUT2D eigenvalue weighted by atomic mass is 10.1. The van der Waals surface area contributed by atoms with Crippen LogP contribution in [0.1, 0.15) is 20.0 Å². The van der Waals surface area contributed by atoms with E-state index in [2.05, 4.69) is 10.6 Å². The van der Waals surface area contributed by atoms with Crippen LogP contribution in [0.5, 0.6) is 11.5 Å². The highest BCUT2D eigenvalue weighted by molar-refractivity contribution is 7.12. The van der Waals surface area contributed by atoms with Crippen LogP contribution in [0, 0.1) is 0 Å². The molecule has 2 aromatic carbocycles. The molecule has 3 rings (SSSR count). The molecule has 8 nitrogen and oxygen atoms in total. The fourth-order valence-electron chi connectivity index (χ4n) is 2.73. The molecule has 0 aliphatic heterocycles. The second-order valence-electron chi connectivity index (χ2n) is 6.43. The van der Waals surface area contributed by atoms with Crippen LogP contribution in [0.25, 0.3) is 0 Å². The molecule has 0 spiro atoms. The second kappa shape index (κ2) is 11.0. The maximum atomic E-state index is 12.8. The zero-order valence-corrected chi connectivity index (χ0v) is 19.8. The maximum absolute atomic E-state index is 12.8. The lowest BCUT2D eigenvalue weighted by Gasteiger charge is -2.15. The SMILES string of the molecule is COc1cc(NC(=O)c2cccs2)c(C(=O)OCC(=O)Nc2cc(Cl)ccc2Cl)cc1OC. The van der Waals surface area contributed by atoms with Gasteiger partial charge in [0.05, 0.1) is 41.1 Å². The Morgan fingerprint density at radius 3 is 2.33 bits per heavy atom. The summed E-state index contributed by atoms with van der Waals surface area (Å²) in [6.07, 6.45) is 0. The number of benzene rings is 2. The van der Waals surface area contributed by atoms with Crippen molar-refractivity contribution in [2.75, 3.05) is 31.5 Å². The molecule has 0 aliphatic rings. The number of esters is 1. The summed E-state index contributed by atoms with van der Waals surface area (Å²) in [5.74, 6) is -1.36. The molecule has 0 unspecified atom stereocenters. The molecular formula is C22H18Cl2N2O6S. The van der Waals surface area contributed by atoms with Crippen molar-refractivity contribution >= 4 is 63.7 Å². The molecule has 33 heavy (non-hydrogen) atoms. The molecule has 0 radical (unpaired) electrons. The number of hydrogen-bond donors (Lipinski definition) is 2. The van der Waals surface area contributed by atoms with Gasteiger partial charge in [0.25, 0.3) is 11.8 Å². The molecule has 0 saturated carbocycles. The number of methoxy groups -OCH3 is 2. The summed E-state index contributed by atoms with van der Waals surface area (Å²) in [6, 6.07) is 10.7. The topological polar surface area (TPSA) is 103 Å². The molecule has 2 amide bonds. The number of rotatable bonds is 8. The van der Waals surface area contributed by atoms with E-state index in [9.17, 15) is 14.4 Å². The average Bonchev–Trinajstić information content (AvgIpc) is 3.34. The Kier molecular flexibility index (Phi) is 8.16. The Labute approximate surface area is 203 Å². The molecule has 1 aromatic heterocycles. The fourth-order valence-corrected chi connectivity index (χ4v) is 3.69. The maximum Gasteiger partial charge on any atom is 0.340 e. The molecule has 2 N–H and O–H groups in total. The number of thiophene rings is 1. The minimum atomic E-state index is -0.857. The monoisotopic (exact) mass is 508 g/mol. The van der Waals surface area contributed by atoms with Crippen LogP contribution in [0.4, 0.5) is 11.4 Å². The number of hydrogen-bond acceptors (Lipinski definition) is 7. The van der Waals surface area contributed by atoms with Gasteiger partial charge in [-0.3, -0.25) is 9.59 Å². The predicted octanol–water partition coefficient (Wildman–Crippen LogP) is 5.12. The molecule has 0 aliphatic carbocycles. The van der Waals surface area contributed by atoms with Gasteiger partial charge in [0.2, 0.25) is 0 Å². The number of anilines is 2. The van der Waals surface area contributed by atoms with E-state index in [1.54, 1.807) is 23.6 Å². The third kappa shape index (κ3) is 6.16. The highest BCUT2D eigenvalue weighted by Crippen LogP contribution is 2.34. The molecule has 1 heterocycles. The number of ether oxygens (including phenoxy) is 3. The van der Waals surface area contributed by atoms with E-state index in [0.717, 1.165) is 0 Å². The summed E-state index contributed by atoms with van der Waals surface area (Å²) >= 11 is 13.2. The van der Waals surface area contributed by atoms with Crippen molar-refractivity contribution in [3.05, 3.63) is 68.3 Å². The van der Waals surface area contributed by atoms with Crippen LogP contribution in [0.2, 0.25) is 10.0 Å². The second-order valence-corrected chi connectivity index (χ2v) is 8.22.